The zero-order chi connectivity index (χ0) is 17.6. The van der Waals surface area contributed by atoms with Gasteiger partial charge >= 0.3 is 11.8 Å². The quantitative estimate of drug-likeness (QED) is 0.703. The van der Waals surface area contributed by atoms with Crippen molar-refractivity contribution in [1.29, 1.82) is 0 Å². The van der Waals surface area contributed by atoms with Crippen LogP contribution in [0.4, 0.5) is 5.69 Å². The molecule has 2 amide bonds. The molecule has 0 aliphatic rings. The number of hydrogen-bond acceptors (Lipinski definition) is 4. The molecule has 6 heteroatoms. The third kappa shape index (κ3) is 5.39. The predicted octanol–water partition coefficient (Wildman–Crippen LogP) is 1.62. The van der Waals surface area contributed by atoms with Crippen LogP contribution < -0.4 is 16.4 Å². The summed E-state index contributed by atoms with van der Waals surface area (Å²) in [5, 5.41) is 5.93. The average molecular weight is 326 g/mol. The topological polar surface area (TPSA) is 97.1 Å². The van der Waals surface area contributed by atoms with Crippen molar-refractivity contribution in [3.05, 3.63) is 59.9 Å². The number of nitrogens with one attached hydrogen (secondary N) is 2. The van der Waals surface area contributed by atoms with Crippen molar-refractivity contribution >= 4 is 17.5 Å². The monoisotopic (exact) mass is 326 g/mol. The molecule has 0 aliphatic carbocycles. The number of amides is 2. The van der Waals surface area contributed by atoms with E-state index in [0.717, 1.165) is 16.9 Å². The molecule has 1 aromatic heterocycles. The molecule has 0 radical (unpaired) electrons. The molecule has 4 N–H and O–H groups in total. The molecule has 2 rings (SSSR count). The predicted molar refractivity (Wildman–Crippen MR) is 93.1 cm³/mol. The van der Waals surface area contributed by atoms with Gasteiger partial charge in [-0.15, -0.1) is 0 Å². The van der Waals surface area contributed by atoms with E-state index >= 15 is 0 Å². The summed E-state index contributed by atoms with van der Waals surface area (Å²) < 4.78 is 0. The van der Waals surface area contributed by atoms with Gasteiger partial charge in [-0.3, -0.25) is 14.6 Å². The summed E-state index contributed by atoms with van der Waals surface area (Å²) >= 11 is 0. The number of nitrogens with two attached hydrogens (primary N) is 1. The number of carbonyl (C=O) groups excluding carboxylic acids is 2. The van der Waals surface area contributed by atoms with E-state index in [1.165, 1.54) is 0 Å². The molecule has 24 heavy (non-hydrogen) atoms. The maximum atomic E-state index is 11.4. The lowest BCUT2D eigenvalue weighted by Crippen LogP contribution is -2.49. The van der Waals surface area contributed by atoms with Gasteiger partial charge in [0.25, 0.3) is 0 Å². The highest BCUT2D eigenvalue weighted by molar-refractivity contribution is 6.34. The van der Waals surface area contributed by atoms with E-state index in [2.05, 4.69) is 15.6 Å². The minimum Gasteiger partial charge on any atom is -0.379 e. The molecule has 0 spiro atoms. The van der Waals surface area contributed by atoms with Gasteiger partial charge in [-0.05, 0) is 50.1 Å². The summed E-state index contributed by atoms with van der Waals surface area (Å²) in [7, 11) is 0. The van der Waals surface area contributed by atoms with Crippen molar-refractivity contribution < 1.29 is 9.59 Å². The van der Waals surface area contributed by atoms with Crippen molar-refractivity contribution in [2.75, 3.05) is 5.32 Å². The van der Waals surface area contributed by atoms with E-state index in [4.69, 9.17) is 5.73 Å². The Bertz CT molecular complexity index is 697. The summed E-state index contributed by atoms with van der Waals surface area (Å²) in [4.78, 5) is 26.5. The Kier molecular flexibility index (Phi) is 5.52. The van der Waals surface area contributed by atoms with Gasteiger partial charge < -0.3 is 16.4 Å². The molecule has 0 aliphatic heterocycles. The smallest absolute Gasteiger partial charge is 0.309 e. The molecule has 1 heterocycles. The second kappa shape index (κ2) is 7.59. The maximum Gasteiger partial charge on any atom is 0.309 e. The van der Waals surface area contributed by atoms with Gasteiger partial charge in [-0.25, -0.2) is 0 Å². The Morgan fingerprint density at radius 3 is 2.42 bits per heavy atom. The van der Waals surface area contributed by atoms with Crippen LogP contribution in [0.5, 0.6) is 0 Å². The van der Waals surface area contributed by atoms with E-state index in [9.17, 15) is 9.59 Å². The van der Waals surface area contributed by atoms with Gasteiger partial charge in [0, 0.05) is 17.4 Å². The second-order valence-corrected chi connectivity index (χ2v) is 6.25. The molecule has 126 valence electrons. The van der Waals surface area contributed by atoms with Gasteiger partial charge in [-0.1, -0.05) is 18.2 Å². The molecule has 0 saturated heterocycles. The van der Waals surface area contributed by atoms with Crippen LogP contribution in [-0.2, 0) is 22.6 Å². The minimum atomic E-state index is -0.975. The Labute approximate surface area is 141 Å². The highest BCUT2D eigenvalue weighted by Crippen LogP contribution is 2.16. The molecular weight excluding hydrogens is 304 g/mol. The molecule has 6 nitrogen and oxygen atoms in total. The Hall–Kier alpha value is -2.89. The molecule has 0 atom stereocenters. The van der Waals surface area contributed by atoms with Gasteiger partial charge in [0.05, 0.1) is 12.2 Å². The fourth-order valence-electron chi connectivity index (χ4n) is 2.36. The van der Waals surface area contributed by atoms with E-state index in [0.29, 0.717) is 13.0 Å². The first-order chi connectivity index (χ1) is 11.4. The first kappa shape index (κ1) is 17.5. The van der Waals surface area contributed by atoms with Crippen LogP contribution in [0.25, 0.3) is 0 Å². The van der Waals surface area contributed by atoms with Crippen molar-refractivity contribution in [2.45, 2.75) is 32.4 Å². The SMILES string of the molecule is CC(C)(Cc1ccc(NCc2ccccn2)cc1)NC(=O)C(N)=O. The fraction of sp³-hybridized carbons (Fsp3) is 0.278. The van der Waals surface area contributed by atoms with Crippen LogP contribution in [0.15, 0.2) is 48.7 Å². The molecule has 0 fully saturated rings. The lowest BCUT2D eigenvalue weighted by Gasteiger charge is -2.25. The Balaban J connectivity index is 1.91. The molecular formula is C18H22N4O2. The molecule has 1 aromatic carbocycles. The summed E-state index contributed by atoms with van der Waals surface area (Å²) in [5.41, 5.74) is 7.42. The van der Waals surface area contributed by atoms with E-state index in [1.807, 2.05) is 56.3 Å². The van der Waals surface area contributed by atoms with Crippen molar-refractivity contribution in [2.24, 2.45) is 5.73 Å². The zero-order valence-electron chi connectivity index (χ0n) is 13.9. The number of pyridine rings is 1. The van der Waals surface area contributed by atoms with Gasteiger partial charge in [0.15, 0.2) is 0 Å². The Morgan fingerprint density at radius 1 is 1.12 bits per heavy atom. The lowest BCUT2D eigenvalue weighted by molar-refractivity contribution is -0.138. The standard InChI is InChI=1S/C18H22N4O2/c1-18(2,22-17(24)16(19)23)11-13-6-8-14(9-7-13)21-12-15-5-3-4-10-20-15/h3-10,21H,11-12H2,1-2H3,(H2,19,23)(H,22,24). The minimum absolute atomic E-state index is 0.560. The molecule has 0 saturated carbocycles. The summed E-state index contributed by atoms with van der Waals surface area (Å²) in [6, 6.07) is 13.7. The number of hydrogen-bond donors (Lipinski definition) is 3. The molecule has 0 bridgehead atoms. The lowest BCUT2D eigenvalue weighted by atomic mass is 9.94. The number of aromatic nitrogens is 1. The summed E-state index contributed by atoms with van der Waals surface area (Å²) in [6.07, 6.45) is 2.36. The fourth-order valence-corrected chi connectivity index (χ4v) is 2.36. The van der Waals surface area contributed by atoms with E-state index in [-0.39, 0.29) is 0 Å². The van der Waals surface area contributed by atoms with Crippen LogP contribution in [0.2, 0.25) is 0 Å². The third-order valence-electron chi connectivity index (χ3n) is 3.48. The normalized spacial score (nSPS) is 10.9. The van der Waals surface area contributed by atoms with Crippen LogP contribution >= 0.6 is 0 Å². The van der Waals surface area contributed by atoms with E-state index in [1.54, 1.807) is 6.20 Å². The third-order valence-corrected chi connectivity index (χ3v) is 3.48. The number of primary amides is 1. The average Bonchev–Trinajstić information content (AvgIpc) is 2.54. The van der Waals surface area contributed by atoms with E-state index < -0.39 is 17.4 Å². The largest absolute Gasteiger partial charge is 0.379 e. The number of carbonyl (C=O) groups is 2. The first-order valence-corrected chi connectivity index (χ1v) is 7.70. The molecule has 0 unspecified atom stereocenters. The highest BCUT2D eigenvalue weighted by Gasteiger charge is 2.23. The second-order valence-electron chi connectivity index (χ2n) is 6.25. The van der Waals surface area contributed by atoms with Crippen LogP contribution in [0, 0.1) is 0 Å². The number of rotatable bonds is 6. The van der Waals surface area contributed by atoms with Crippen molar-refractivity contribution in [3.63, 3.8) is 0 Å². The van der Waals surface area contributed by atoms with Crippen LogP contribution in [0.3, 0.4) is 0 Å². The van der Waals surface area contributed by atoms with Crippen LogP contribution in [-0.4, -0.2) is 22.3 Å². The Morgan fingerprint density at radius 2 is 1.83 bits per heavy atom. The molecule has 2 aromatic rings. The van der Waals surface area contributed by atoms with Gasteiger partial charge in [0.2, 0.25) is 0 Å². The summed E-state index contributed by atoms with van der Waals surface area (Å²) in [5.74, 6) is -1.74. The van der Waals surface area contributed by atoms with Gasteiger partial charge in [-0.2, -0.15) is 0 Å². The summed E-state index contributed by atoms with van der Waals surface area (Å²) in [6.45, 7) is 4.35. The number of nitrogens with zero attached hydrogens (tertiary/aromatic N) is 1. The van der Waals surface area contributed by atoms with Crippen LogP contribution in [0.1, 0.15) is 25.1 Å². The number of anilines is 1. The number of benzene rings is 1. The maximum absolute atomic E-state index is 11.4. The van der Waals surface area contributed by atoms with Crippen molar-refractivity contribution in [1.82, 2.24) is 10.3 Å². The zero-order valence-corrected chi connectivity index (χ0v) is 13.9. The van der Waals surface area contributed by atoms with Gasteiger partial charge in [0.1, 0.15) is 0 Å². The first-order valence-electron chi connectivity index (χ1n) is 7.70. The highest BCUT2D eigenvalue weighted by atomic mass is 16.2. The van der Waals surface area contributed by atoms with Crippen molar-refractivity contribution in [3.8, 4) is 0 Å².